The molecule has 0 aromatic rings. The van der Waals surface area contributed by atoms with Crippen LogP contribution in [-0.4, -0.2) is 49.7 Å². The lowest BCUT2D eigenvalue weighted by Crippen LogP contribution is -2.39. The fourth-order valence-electron chi connectivity index (χ4n) is 3.74. The van der Waals surface area contributed by atoms with Crippen LogP contribution in [0.5, 0.6) is 0 Å². The molecule has 17 heavy (non-hydrogen) atoms. The summed E-state index contributed by atoms with van der Waals surface area (Å²) in [6.07, 6.45) is 4.62. The average Bonchev–Trinajstić information content (AvgIpc) is 3.03. The molecule has 0 aromatic carbocycles. The largest absolute Gasteiger partial charge is 0.384 e. The minimum absolute atomic E-state index is 0.259. The van der Waals surface area contributed by atoms with Crippen LogP contribution >= 0.6 is 0 Å². The molecule has 4 heteroatoms. The molecule has 3 rings (SSSR count). The Kier molecular flexibility index (Phi) is 3.09. The highest BCUT2D eigenvalue weighted by molar-refractivity contribution is 5.80. The van der Waals surface area contributed by atoms with Crippen molar-refractivity contribution in [2.45, 2.75) is 37.8 Å². The van der Waals surface area contributed by atoms with E-state index >= 15 is 0 Å². The van der Waals surface area contributed by atoms with Crippen LogP contribution in [0.2, 0.25) is 0 Å². The summed E-state index contributed by atoms with van der Waals surface area (Å²) in [4.78, 5) is 14.5. The lowest BCUT2D eigenvalue weighted by atomic mass is 9.88. The smallest absolute Gasteiger partial charge is 0.227 e. The highest BCUT2D eigenvalue weighted by Gasteiger charge is 2.44. The molecule has 3 aliphatic heterocycles. The van der Waals surface area contributed by atoms with E-state index in [9.17, 15) is 4.79 Å². The first-order valence-corrected chi connectivity index (χ1v) is 6.81. The van der Waals surface area contributed by atoms with Crippen molar-refractivity contribution in [3.8, 4) is 0 Å². The van der Waals surface area contributed by atoms with Crippen LogP contribution in [0.25, 0.3) is 0 Å². The molecule has 0 aliphatic carbocycles. The van der Waals surface area contributed by atoms with Gasteiger partial charge in [-0.2, -0.15) is 0 Å². The summed E-state index contributed by atoms with van der Waals surface area (Å²) >= 11 is 0. The Labute approximate surface area is 103 Å². The second-order valence-corrected chi connectivity index (χ2v) is 5.78. The highest BCUT2D eigenvalue weighted by atomic mass is 16.5. The quantitative estimate of drug-likeness (QED) is 0.784. The third kappa shape index (κ3) is 2.08. The number of methoxy groups -OCH3 is 1. The molecule has 3 aliphatic rings. The summed E-state index contributed by atoms with van der Waals surface area (Å²) < 4.78 is 5.18. The molecule has 0 aromatic heterocycles. The van der Waals surface area contributed by atoms with E-state index in [0.29, 0.717) is 23.9 Å². The topological polar surface area (TPSA) is 41.6 Å². The van der Waals surface area contributed by atoms with E-state index in [0.717, 1.165) is 32.5 Å². The normalized spacial score (nSPS) is 40.2. The molecule has 1 N–H and O–H groups in total. The standard InChI is InChI=1S/C13H22N2O2/c1-17-8-9-4-5-15(7-9)13(16)11-6-10-2-3-12(11)14-10/h9-12,14H,2-8H2,1H3. The Hall–Kier alpha value is -0.610. The van der Waals surface area contributed by atoms with Crippen molar-refractivity contribution < 1.29 is 9.53 Å². The molecular formula is C13H22N2O2. The first-order valence-electron chi connectivity index (χ1n) is 6.81. The lowest BCUT2D eigenvalue weighted by Gasteiger charge is -2.25. The summed E-state index contributed by atoms with van der Waals surface area (Å²) in [7, 11) is 1.74. The third-order valence-electron chi connectivity index (χ3n) is 4.62. The average molecular weight is 238 g/mol. The van der Waals surface area contributed by atoms with Crippen LogP contribution in [0.3, 0.4) is 0 Å². The molecule has 96 valence electrons. The zero-order chi connectivity index (χ0) is 11.8. The number of carbonyl (C=O) groups excluding carboxylic acids is 1. The fraction of sp³-hybridized carbons (Fsp3) is 0.923. The number of nitrogens with one attached hydrogen (secondary N) is 1. The van der Waals surface area contributed by atoms with Crippen molar-refractivity contribution in [2.75, 3.05) is 26.8 Å². The van der Waals surface area contributed by atoms with Crippen molar-refractivity contribution in [1.29, 1.82) is 0 Å². The first kappa shape index (κ1) is 11.5. The minimum Gasteiger partial charge on any atom is -0.384 e. The van der Waals surface area contributed by atoms with E-state index in [-0.39, 0.29) is 5.92 Å². The molecule has 0 saturated carbocycles. The van der Waals surface area contributed by atoms with E-state index in [1.165, 1.54) is 12.8 Å². The maximum atomic E-state index is 12.4. The van der Waals surface area contributed by atoms with Gasteiger partial charge in [-0.05, 0) is 25.7 Å². The van der Waals surface area contributed by atoms with Gasteiger partial charge in [-0.25, -0.2) is 0 Å². The van der Waals surface area contributed by atoms with Gasteiger partial charge in [0.1, 0.15) is 0 Å². The molecule has 0 radical (unpaired) electrons. The van der Waals surface area contributed by atoms with Crippen LogP contribution in [-0.2, 0) is 9.53 Å². The number of rotatable bonds is 3. The Bertz CT molecular complexity index is 308. The Morgan fingerprint density at radius 3 is 2.94 bits per heavy atom. The van der Waals surface area contributed by atoms with Crippen molar-refractivity contribution in [1.82, 2.24) is 10.2 Å². The van der Waals surface area contributed by atoms with Crippen LogP contribution < -0.4 is 5.32 Å². The van der Waals surface area contributed by atoms with Crippen molar-refractivity contribution in [3.05, 3.63) is 0 Å². The molecule has 3 fully saturated rings. The summed E-state index contributed by atoms with van der Waals surface area (Å²) in [6.45, 7) is 2.63. The summed E-state index contributed by atoms with van der Waals surface area (Å²) in [6, 6.07) is 1.08. The van der Waals surface area contributed by atoms with Gasteiger partial charge in [0.05, 0.1) is 12.5 Å². The predicted octanol–water partition coefficient (Wildman–Crippen LogP) is 0.622. The Morgan fingerprint density at radius 1 is 1.41 bits per heavy atom. The van der Waals surface area contributed by atoms with Gasteiger partial charge >= 0.3 is 0 Å². The molecule has 2 bridgehead atoms. The van der Waals surface area contributed by atoms with Crippen LogP contribution in [0.1, 0.15) is 25.7 Å². The van der Waals surface area contributed by atoms with Gasteiger partial charge in [0.15, 0.2) is 0 Å². The van der Waals surface area contributed by atoms with Crippen LogP contribution in [0, 0.1) is 11.8 Å². The lowest BCUT2D eigenvalue weighted by molar-refractivity contribution is -0.135. The van der Waals surface area contributed by atoms with Crippen molar-refractivity contribution in [2.24, 2.45) is 11.8 Å². The predicted molar refractivity (Wildman–Crippen MR) is 64.6 cm³/mol. The maximum absolute atomic E-state index is 12.4. The van der Waals surface area contributed by atoms with Gasteiger partial charge in [0, 0.05) is 38.2 Å². The fourth-order valence-corrected chi connectivity index (χ4v) is 3.74. The molecule has 4 atom stereocenters. The number of nitrogens with zero attached hydrogens (tertiary/aromatic N) is 1. The second-order valence-electron chi connectivity index (χ2n) is 5.78. The van der Waals surface area contributed by atoms with Gasteiger partial charge in [0.25, 0.3) is 0 Å². The number of fused-ring (bicyclic) bond motifs is 2. The van der Waals surface area contributed by atoms with Gasteiger partial charge in [0.2, 0.25) is 5.91 Å². The number of hydrogen-bond donors (Lipinski definition) is 1. The number of likely N-dealkylation sites (tertiary alicyclic amines) is 1. The number of amides is 1. The summed E-state index contributed by atoms with van der Waals surface area (Å²) in [5, 5.41) is 3.55. The first-order chi connectivity index (χ1) is 8.28. The SMILES string of the molecule is COCC1CCN(C(=O)C2CC3CCC2N3)C1. The van der Waals surface area contributed by atoms with Gasteiger partial charge in [-0.1, -0.05) is 0 Å². The Morgan fingerprint density at radius 2 is 2.29 bits per heavy atom. The second kappa shape index (κ2) is 4.58. The highest BCUT2D eigenvalue weighted by Crippen LogP contribution is 2.35. The molecule has 1 amide bonds. The molecule has 4 nitrogen and oxygen atoms in total. The van der Waals surface area contributed by atoms with E-state index in [1.54, 1.807) is 7.11 Å². The molecular weight excluding hydrogens is 216 g/mol. The number of ether oxygens (including phenoxy) is 1. The van der Waals surface area contributed by atoms with E-state index in [1.807, 2.05) is 0 Å². The zero-order valence-electron chi connectivity index (χ0n) is 10.5. The maximum Gasteiger partial charge on any atom is 0.227 e. The molecule has 4 unspecified atom stereocenters. The zero-order valence-corrected chi connectivity index (χ0v) is 10.5. The number of hydrogen-bond acceptors (Lipinski definition) is 3. The molecule has 3 saturated heterocycles. The van der Waals surface area contributed by atoms with E-state index in [4.69, 9.17) is 4.74 Å². The summed E-state index contributed by atoms with van der Waals surface area (Å²) in [5.74, 6) is 1.20. The van der Waals surface area contributed by atoms with Crippen molar-refractivity contribution in [3.63, 3.8) is 0 Å². The van der Waals surface area contributed by atoms with E-state index in [2.05, 4.69) is 10.2 Å². The van der Waals surface area contributed by atoms with E-state index < -0.39 is 0 Å². The van der Waals surface area contributed by atoms with Crippen molar-refractivity contribution >= 4 is 5.91 Å². The summed E-state index contributed by atoms with van der Waals surface area (Å²) in [5.41, 5.74) is 0. The van der Waals surface area contributed by atoms with Gasteiger partial charge in [-0.15, -0.1) is 0 Å². The van der Waals surface area contributed by atoms with Gasteiger partial charge < -0.3 is 15.0 Å². The Balaban J connectivity index is 1.57. The molecule has 0 spiro atoms. The third-order valence-corrected chi connectivity index (χ3v) is 4.62. The van der Waals surface area contributed by atoms with Crippen LogP contribution in [0.4, 0.5) is 0 Å². The number of carbonyl (C=O) groups is 1. The van der Waals surface area contributed by atoms with Gasteiger partial charge in [-0.3, -0.25) is 4.79 Å². The minimum atomic E-state index is 0.259. The molecule has 3 heterocycles. The monoisotopic (exact) mass is 238 g/mol. The van der Waals surface area contributed by atoms with Crippen LogP contribution in [0.15, 0.2) is 0 Å².